The number of nitrogens with one attached hydrogen (secondary N) is 2. The molecule has 0 aliphatic heterocycles. The fourth-order valence-corrected chi connectivity index (χ4v) is 3.95. The molecule has 1 fully saturated rings. The maximum Gasteiger partial charge on any atom is 0.405 e. The summed E-state index contributed by atoms with van der Waals surface area (Å²) in [5.41, 5.74) is 1.90. The van der Waals surface area contributed by atoms with Crippen molar-refractivity contribution in [3.63, 3.8) is 0 Å². The monoisotopic (exact) mass is 409 g/mol. The molecule has 1 aliphatic carbocycles. The van der Waals surface area contributed by atoms with Crippen LogP contribution in [-0.4, -0.2) is 43.6 Å². The summed E-state index contributed by atoms with van der Waals surface area (Å²) in [5.74, 6) is 0.0201. The van der Waals surface area contributed by atoms with Crippen LogP contribution in [0.25, 0.3) is 22.3 Å². The number of aromatic nitrogens is 4. The Balaban J connectivity index is 1.59. The van der Waals surface area contributed by atoms with Crippen LogP contribution in [0.4, 0.5) is 13.2 Å². The normalized spacial score (nSPS) is 15.7. The van der Waals surface area contributed by atoms with Crippen LogP contribution < -0.4 is 5.32 Å². The number of hydrogen-bond acceptors (Lipinski definition) is 4. The van der Waals surface area contributed by atoms with Gasteiger partial charge in [0.15, 0.2) is 11.0 Å². The van der Waals surface area contributed by atoms with E-state index in [9.17, 15) is 18.0 Å². The second-order valence-corrected chi connectivity index (χ2v) is 8.06. The molecular weight excluding hydrogens is 391 g/mol. The van der Waals surface area contributed by atoms with Gasteiger partial charge in [0.1, 0.15) is 6.54 Å². The number of aromatic amines is 1. The first-order valence-corrected chi connectivity index (χ1v) is 9.74. The molecule has 0 saturated heterocycles. The van der Waals surface area contributed by atoms with E-state index in [1.807, 2.05) is 40.3 Å². The molecule has 1 saturated carbocycles. The average molecular weight is 409 g/mol. The summed E-state index contributed by atoms with van der Waals surface area (Å²) < 4.78 is 39.0. The topological polar surface area (TPSA) is 75.6 Å². The molecule has 1 unspecified atom stereocenters. The van der Waals surface area contributed by atoms with Gasteiger partial charge >= 0.3 is 6.18 Å². The van der Waals surface area contributed by atoms with E-state index in [0.29, 0.717) is 11.0 Å². The van der Waals surface area contributed by atoms with Crippen molar-refractivity contribution in [1.82, 2.24) is 25.1 Å². The van der Waals surface area contributed by atoms with E-state index < -0.39 is 23.9 Å². The van der Waals surface area contributed by atoms with Gasteiger partial charge in [-0.1, -0.05) is 30.0 Å². The minimum absolute atomic E-state index is 0.242. The molecule has 2 aromatic heterocycles. The lowest BCUT2D eigenvalue weighted by atomic mass is 10.1. The SMILES string of the molecule is CC(Sc1nnc(-c2c[nH]c3ccccc23)n1C1CC1)C(=O)NCC(F)(F)F. The van der Waals surface area contributed by atoms with Crippen molar-refractivity contribution < 1.29 is 18.0 Å². The van der Waals surface area contributed by atoms with Crippen LogP contribution in [0.3, 0.4) is 0 Å². The van der Waals surface area contributed by atoms with Crippen molar-refractivity contribution >= 4 is 28.6 Å². The van der Waals surface area contributed by atoms with Crippen molar-refractivity contribution in [2.24, 2.45) is 0 Å². The van der Waals surface area contributed by atoms with Gasteiger partial charge in [-0.15, -0.1) is 10.2 Å². The van der Waals surface area contributed by atoms with Gasteiger partial charge in [-0.05, 0) is 25.8 Å². The molecule has 28 heavy (non-hydrogen) atoms. The highest BCUT2D eigenvalue weighted by molar-refractivity contribution is 8.00. The molecule has 0 spiro atoms. The summed E-state index contributed by atoms with van der Waals surface area (Å²) >= 11 is 1.12. The zero-order valence-corrected chi connectivity index (χ0v) is 15.8. The van der Waals surface area contributed by atoms with E-state index in [1.54, 1.807) is 6.92 Å². The molecule has 4 rings (SSSR count). The van der Waals surface area contributed by atoms with Crippen molar-refractivity contribution in [2.75, 3.05) is 6.54 Å². The number of nitrogens with zero attached hydrogens (tertiary/aromatic N) is 3. The van der Waals surface area contributed by atoms with E-state index in [4.69, 9.17) is 0 Å². The predicted molar refractivity (Wildman–Crippen MR) is 100.0 cm³/mol. The van der Waals surface area contributed by atoms with Crippen LogP contribution in [0.5, 0.6) is 0 Å². The van der Waals surface area contributed by atoms with Crippen LogP contribution in [0.1, 0.15) is 25.8 Å². The van der Waals surface area contributed by atoms with Gasteiger partial charge in [-0.25, -0.2) is 0 Å². The Bertz CT molecular complexity index is 1010. The Morgan fingerprint density at radius 2 is 2.11 bits per heavy atom. The van der Waals surface area contributed by atoms with Crippen LogP contribution in [0.15, 0.2) is 35.6 Å². The van der Waals surface area contributed by atoms with Crippen LogP contribution >= 0.6 is 11.8 Å². The first kappa shape index (κ1) is 18.9. The number of thioether (sulfide) groups is 1. The number of alkyl halides is 3. The molecule has 1 amide bonds. The summed E-state index contributed by atoms with van der Waals surface area (Å²) in [5, 5.41) is 11.3. The highest BCUT2D eigenvalue weighted by atomic mass is 32.2. The molecule has 10 heteroatoms. The van der Waals surface area contributed by atoms with Crippen molar-refractivity contribution in [3.8, 4) is 11.4 Å². The van der Waals surface area contributed by atoms with Crippen LogP contribution in [-0.2, 0) is 4.79 Å². The van der Waals surface area contributed by atoms with Crippen LogP contribution in [0.2, 0.25) is 0 Å². The number of carbonyl (C=O) groups excluding carboxylic acids is 1. The third kappa shape index (κ3) is 3.87. The minimum Gasteiger partial charge on any atom is -0.360 e. The molecule has 148 valence electrons. The Hall–Kier alpha value is -2.49. The molecule has 1 aliphatic rings. The standard InChI is InChI=1S/C18H18F3N5OS/c1-10(16(27)23-9-18(19,20)21)28-17-25-24-15(26(17)11-6-7-11)13-8-22-14-5-3-2-4-12(13)14/h2-5,8,10-11,22H,6-7,9H2,1H3,(H,23,27). The van der Waals surface area contributed by atoms with Crippen molar-refractivity contribution in [1.29, 1.82) is 0 Å². The number of hydrogen-bond donors (Lipinski definition) is 2. The highest BCUT2D eigenvalue weighted by Gasteiger charge is 2.33. The van der Waals surface area contributed by atoms with Gasteiger partial charge in [-0.3, -0.25) is 9.36 Å². The zero-order chi connectivity index (χ0) is 19.9. The zero-order valence-electron chi connectivity index (χ0n) is 15.0. The summed E-state index contributed by atoms with van der Waals surface area (Å²) in [6.45, 7) is 0.223. The van der Waals surface area contributed by atoms with E-state index in [2.05, 4.69) is 15.2 Å². The lowest BCUT2D eigenvalue weighted by Gasteiger charge is -2.14. The van der Waals surface area contributed by atoms with E-state index >= 15 is 0 Å². The average Bonchev–Trinajstić information content (AvgIpc) is 3.27. The second-order valence-electron chi connectivity index (χ2n) is 6.75. The third-order valence-electron chi connectivity index (χ3n) is 4.52. The Kier molecular flexibility index (Phi) is 4.82. The number of para-hydroxylation sites is 1. The molecular formula is C18H18F3N5OS. The molecule has 0 radical (unpaired) electrons. The number of rotatable bonds is 6. The fraction of sp³-hybridized carbons (Fsp3) is 0.389. The number of carbonyl (C=O) groups is 1. The van der Waals surface area contributed by atoms with E-state index in [-0.39, 0.29) is 6.04 Å². The van der Waals surface area contributed by atoms with Gasteiger partial charge in [0, 0.05) is 28.7 Å². The Labute approximate surface area is 162 Å². The molecule has 0 bridgehead atoms. The minimum atomic E-state index is -4.43. The molecule has 2 heterocycles. The predicted octanol–water partition coefficient (Wildman–Crippen LogP) is 3.92. The Morgan fingerprint density at radius 1 is 1.36 bits per heavy atom. The number of benzene rings is 1. The number of halogens is 3. The molecule has 6 nitrogen and oxygen atoms in total. The molecule has 2 N–H and O–H groups in total. The third-order valence-corrected chi connectivity index (χ3v) is 5.58. The van der Waals surface area contributed by atoms with Gasteiger partial charge in [0.2, 0.25) is 5.91 Å². The molecule has 1 aromatic carbocycles. The van der Waals surface area contributed by atoms with Gasteiger partial charge in [-0.2, -0.15) is 13.2 Å². The fourth-order valence-electron chi connectivity index (χ4n) is 3.00. The maximum atomic E-state index is 12.3. The van der Waals surface area contributed by atoms with E-state index in [0.717, 1.165) is 41.1 Å². The van der Waals surface area contributed by atoms with Gasteiger partial charge in [0.05, 0.1) is 5.25 Å². The highest BCUT2D eigenvalue weighted by Crippen LogP contribution is 2.42. The lowest BCUT2D eigenvalue weighted by Crippen LogP contribution is -2.38. The first-order valence-electron chi connectivity index (χ1n) is 8.86. The Morgan fingerprint density at radius 3 is 2.82 bits per heavy atom. The second kappa shape index (κ2) is 7.16. The number of fused-ring (bicyclic) bond motifs is 1. The maximum absolute atomic E-state index is 12.3. The molecule has 1 atom stereocenters. The molecule has 3 aromatic rings. The number of amides is 1. The first-order chi connectivity index (χ1) is 13.3. The van der Waals surface area contributed by atoms with Gasteiger partial charge in [0.25, 0.3) is 0 Å². The number of H-pyrrole nitrogens is 1. The largest absolute Gasteiger partial charge is 0.405 e. The summed E-state index contributed by atoms with van der Waals surface area (Å²) in [7, 11) is 0. The smallest absolute Gasteiger partial charge is 0.360 e. The van der Waals surface area contributed by atoms with Crippen LogP contribution in [0, 0.1) is 0 Å². The van der Waals surface area contributed by atoms with Gasteiger partial charge < -0.3 is 10.3 Å². The summed E-state index contributed by atoms with van der Waals surface area (Å²) in [4.78, 5) is 15.2. The quantitative estimate of drug-likeness (QED) is 0.605. The van der Waals surface area contributed by atoms with E-state index in [1.165, 1.54) is 0 Å². The lowest BCUT2D eigenvalue weighted by molar-refractivity contribution is -0.137. The van der Waals surface area contributed by atoms with Crippen molar-refractivity contribution in [3.05, 3.63) is 30.5 Å². The summed E-state index contributed by atoms with van der Waals surface area (Å²) in [6.07, 6.45) is -0.594. The van der Waals surface area contributed by atoms with Crippen molar-refractivity contribution in [2.45, 2.75) is 42.4 Å². The summed E-state index contributed by atoms with van der Waals surface area (Å²) in [6, 6.07) is 8.09.